The van der Waals surface area contributed by atoms with Crippen LogP contribution in [-0.4, -0.2) is 16.5 Å². The standard InChI is InChI=1S/C11H17N3O2/c1-2-3-4-5-8-12-10-6-7-11(13-9-10)14(15)16/h6-7,9,12H,2-5,8H2,1H3. The van der Waals surface area contributed by atoms with Crippen LogP contribution in [0.5, 0.6) is 0 Å². The van der Waals surface area contributed by atoms with Gasteiger partial charge in [0.2, 0.25) is 0 Å². The maximum atomic E-state index is 10.4. The summed E-state index contributed by atoms with van der Waals surface area (Å²) in [4.78, 5) is 13.6. The number of nitrogens with one attached hydrogen (secondary N) is 1. The highest BCUT2D eigenvalue weighted by Crippen LogP contribution is 2.11. The van der Waals surface area contributed by atoms with Crippen LogP contribution in [0.4, 0.5) is 11.5 Å². The van der Waals surface area contributed by atoms with Crippen LogP contribution < -0.4 is 5.32 Å². The Balaban J connectivity index is 2.29. The van der Waals surface area contributed by atoms with Crippen molar-refractivity contribution in [1.29, 1.82) is 0 Å². The van der Waals surface area contributed by atoms with Crippen LogP contribution in [0.1, 0.15) is 32.6 Å². The van der Waals surface area contributed by atoms with Crippen LogP contribution in [0.2, 0.25) is 0 Å². The molecule has 16 heavy (non-hydrogen) atoms. The zero-order valence-electron chi connectivity index (χ0n) is 9.48. The Labute approximate surface area is 95.0 Å². The highest BCUT2D eigenvalue weighted by molar-refractivity contribution is 5.43. The maximum Gasteiger partial charge on any atom is 0.363 e. The van der Waals surface area contributed by atoms with Crippen LogP contribution in [0.15, 0.2) is 18.3 Å². The summed E-state index contributed by atoms with van der Waals surface area (Å²) in [5, 5.41) is 13.6. The number of nitrogens with zero attached hydrogens (tertiary/aromatic N) is 2. The van der Waals surface area contributed by atoms with Crippen molar-refractivity contribution in [3.8, 4) is 0 Å². The van der Waals surface area contributed by atoms with E-state index < -0.39 is 4.92 Å². The zero-order chi connectivity index (χ0) is 11.8. The lowest BCUT2D eigenvalue weighted by molar-refractivity contribution is -0.389. The van der Waals surface area contributed by atoms with Gasteiger partial charge in [-0.1, -0.05) is 26.2 Å². The SMILES string of the molecule is CCCCCCNc1ccc([N+](=O)[O-])nc1. The van der Waals surface area contributed by atoms with Crippen LogP contribution in [0.3, 0.4) is 0 Å². The van der Waals surface area contributed by atoms with E-state index in [4.69, 9.17) is 0 Å². The van der Waals surface area contributed by atoms with Crippen LogP contribution in [0.25, 0.3) is 0 Å². The molecule has 0 radical (unpaired) electrons. The van der Waals surface area contributed by atoms with Gasteiger partial charge in [0.25, 0.3) is 0 Å². The highest BCUT2D eigenvalue weighted by atomic mass is 16.6. The molecule has 0 aromatic carbocycles. The molecular weight excluding hydrogens is 206 g/mol. The van der Waals surface area contributed by atoms with Gasteiger partial charge in [0.1, 0.15) is 0 Å². The summed E-state index contributed by atoms with van der Waals surface area (Å²) in [7, 11) is 0. The molecule has 0 spiro atoms. The molecule has 0 unspecified atom stereocenters. The van der Waals surface area contributed by atoms with Crippen LogP contribution in [0, 0.1) is 10.1 Å². The molecule has 0 saturated heterocycles. The molecule has 1 aromatic heterocycles. The Bertz CT molecular complexity index is 325. The normalized spacial score (nSPS) is 10.1. The van der Waals surface area contributed by atoms with Gasteiger partial charge in [-0.2, -0.15) is 0 Å². The lowest BCUT2D eigenvalue weighted by atomic mass is 10.2. The van der Waals surface area contributed by atoms with Crippen molar-refractivity contribution in [2.75, 3.05) is 11.9 Å². The fourth-order valence-corrected chi connectivity index (χ4v) is 1.38. The van der Waals surface area contributed by atoms with Gasteiger partial charge >= 0.3 is 5.82 Å². The number of hydrogen-bond donors (Lipinski definition) is 1. The molecular formula is C11H17N3O2. The van der Waals surface area contributed by atoms with E-state index in [2.05, 4.69) is 17.2 Å². The Morgan fingerprint density at radius 2 is 2.19 bits per heavy atom. The summed E-state index contributed by atoms with van der Waals surface area (Å²) in [6, 6.07) is 3.10. The fraction of sp³-hybridized carbons (Fsp3) is 0.545. The minimum absolute atomic E-state index is 0.114. The van der Waals surface area contributed by atoms with Crippen molar-refractivity contribution in [3.63, 3.8) is 0 Å². The van der Waals surface area contributed by atoms with E-state index in [0.29, 0.717) is 0 Å². The van der Waals surface area contributed by atoms with E-state index in [0.717, 1.165) is 18.7 Å². The van der Waals surface area contributed by atoms with Gasteiger partial charge in [-0.05, 0) is 22.4 Å². The van der Waals surface area contributed by atoms with Gasteiger partial charge in [0, 0.05) is 12.6 Å². The number of hydrogen-bond acceptors (Lipinski definition) is 4. The lowest BCUT2D eigenvalue weighted by Gasteiger charge is -2.03. The summed E-state index contributed by atoms with van der Waals surface area (Å²) in [5.41, 5.74) is 0.835. The topological polar surface area (TPSA) is 68.1 Å². The first-order valence-electron chi connectivity index (χ1n) is 5.58. The van der Waals surface area contributed by atoms with E-state index in [-0.39, 0.29) is 5.82 Å². The van der Waals surface area contributed by atoms with Gasteiger partial charge in [-0.15, -0.1) is 0 Å². The average molecular weight is 223 g/mol. The number of nitro groups is 1. The molecule has 0 atom stereocenters. The van der Waals surface area contributed by atoms with Crippen LogP contribution in [-0.2, 0) is 0 Å². The zero-order valence-corrected chi connectivity index (χ0v) is 9.48. The molecule has 88 valence electrons. The Hall–Kier alpha value is -1.65. The number of unbranched alkanes of at least 4 members (excludes halogenated alkanes) is 3. The third-order valence-electron chi connectivity index (χ3n) is 2.29. The second-order valence-corrected chi connectivity index (χ2v) is 3.65. The minimum atomic E-state index is -0.495. The van der Waals surface area contributed by atoms with E-state index in [1.54, 1.807) is 6.07 Å². The molecule has 1 rings (SSSR count). The summed E-state index contributed by atoms with van der Waals surface area (Å²) < 4.78 is 0. The second kappa shape index (κ2) is 6.76. The molecule has 0 aliphatic rings. The summed E-state index contributed by atoms with van der Waals surface area (Å²) >= 11 is 0. The van der Waals surface area contributed by atoms with Crippen molar-refractivity contribution in [2.45, 2.75) is 32.6 Å². The van der Waals surface area contributed by atoms with Crippen molar-refractivity contribution in [2.24, 2.45) is 0 Å². The Morgan fingerprint density at radius 3 is 2.75 bits per heavy atom. The van der Waals surface area contributed by atoms with Crippen molar-refractivity contribution >= 4 is 11.5 Å². The highest BCUT2D eigenvalue weighted by Gasteiger charge is 2.05. The largest absolute Gasteiger partial charge is 0.382 e. The third kappa shape index (κ3) is 4.25. The summed E-state index contributed by atoms with van der Waals surface area (Å²) in [6.07, 6.45) is 6.30. The predicted molar refractivity (Wildman–Crippen MR) is 63.5 cm³/mol. The van der Waals surface area contributed by atoms with Gasteiger partial charge in [-0.25, -0.2) is 0 Å². The van der Waals surface area contributed by atoms with Gasteiger partial charge < -0.3 is 15.4 Å². The smallest absolute Gasteiger partial charge is 0.363 e. The van der Waals surface area contributed by atoms with E-state index in [9.17, 15) is 10.1 Å². The van der Waals surface area contributed by atoms with E-state index in [1.165, 1.54) is 31.5 Å². The molecule has 5 nitrogen and oxygen atoms in total. The maximum absolute atomic E-state index is 10.4. The molecule has 0 bridgehead atoms. The van der Waals surface area contributed by atoms with E-state index in [1.807, 2.05) is 0 Å². The quantitative estimate of drug-likeness (QED) is 0.438. The number of pyridine rings is 1. The predicted octanol–water partition coefficient (Wildman–Crippen LogP) is 2.98. The molecule has 1 aromatic rings. The first-order valence-corrected chi connectivity index (χ1v) is 5.58. The number of aromatic nitrogens is 1. The first kappa shape index (κ1) is 12.4. The number of rotatable bonds is 7. The first-order chi connectivity index (χ1) is 7.74. The van der Waals surface area contributed by atoms with Crippen molar-refractivity contribution in [3.05, 3.63) is 28.4 Å². The molecule has 0 aliphatic heterocycles. The average Bonchev–Trinajstić information content (AvgIpc) is 2.29. The molecule has 1 heterocycles. The molecule has 0 saturated carbocycles. The van der Waals surface area contributed by atoms with Gasteiger partial charge in [0.05, 0.1) is 5.69 Å². The second-order valence-electron chi connectivity index (χ2n) is 3.65. The number of anilines is 1. The van der Waals surface area contributed by atoms with E-state index >= 15 is 0 Å². The minimum Gasteiger partial charge on any atom is -0.382 e. The van der Waals surface area contributed by atoms with Gasteiger partial charge in [-0.3, -0.25) is 0 Å². The Kier molecular flexibility index (Phi) is 5.25. The summed E-state index contributed by atoms with van der Waals surface area (Å²) in [5.74, 6) is -0.114. The van der Waals surface area contributed by atoms with Crippen LogP contribution >= 0.6 is 0 Å². The third-order valence-corrected chi connectivity index (χ3v) is 2.29. The van der Waals surface area contributed by atoms with Gasteiger partial charge in [0.15, 0.2) is 6.20 Å². The molecule has 0 aliphatic carbocycles. The van der Waals surface area contributed by atoms with Crippen molar-refractivity contribution < 1.29 is 4.92 Å². The molecule has 5 heteroatoms. The monoisotopic (exact) mass is 223 g/mol. The Morgan fingerprint density at radius 1 is 1.38 bits per heavy atom. The van der Waals surface area contributed by atoms with Crippen molar-refractivity contribution in [1.82, 2.24) is 4.98 Å². The molecule has 0 fully saturated rings. The molecule has 1 N–H and O–H groups in total. The summed E-state index contributed by atoms with van der Waals surface area (Å²) in [6.45, 7) is 3.06. The fourth-order valence-electron chi connectivity index (χ4n) is 1.38. The lowest BCUT2D eigenvalue weighted by Crippen LogP contribution is -2.02. The molecule has 0 amide bonds.